The predicted octanol–water partition coefficient (Wildman–Crippen LogP) is 2.02. The Balaban J connectivity index is 2.48. The number of unbranched alkanes of at least 4 members (excludes halogenated alkanes) is 1. The average Bonchev–Trinajstić information content (AvgIpc) is 2.86. The molecule has 0 spiro atoms. The number of rotatable bonds is 6. The molecule has 0 bridgehead atoms. The third-order valence-corrected chi connectivity index (χ3v) is 3.83. The summed E-state index contributed by atoms with van der Waals surface area (Å²) in [6.45, 7) is 3.94. The summed E-state index contributed by atoms with van der Waals surface area (Å²) >= 11 is 1.66. The van der Waals surface area contributed by atoms with Crippen LogP contribution in [0.4, 0.5) is 5.13 Å². The topological polar surface area (TPSA) is 43.8 Å². The summed E-state index contributed by atoms with van der Waals surface area (Å²) in [5, 5.41) is 6.47. The average molecular weight is 283 g/mol. The minimum absolute atomic E-state index is 0.716. The van der Waals surface area contributed by atoms with Gasteiger partial charge in [-0.05, 0) is 6.42 Å². The molecule has 0 radical (unpaired) electrons. The standard InChI is InChI=1S/C13H25N5S/c1-6-7-8-18(5)12(14-2)15-9-11-10-19-13(16-11)17(3)4/h10H,6-9H2,1-5H3,(H,14,15). The van der Waals surface area contributed by atoms with E-state index in [1.807, 2.05) is 26.0 Å². The number of nitrogens with one attached hydrogen (secondary N) is 1. The molecule has 108 valence electrons. The molecule has 0 amide bonds. The van der Waals surface area contributed by atoms with Crippen molar-refractivity contribution in [2.75, 3.05) is 39.6 Å². The smallest absolute Gasteiger partial charge is 0.193 e. The number of nitrogens with zero attached hydrogens (tertiary/aromatic N) is 4. The zero-order valence-corrected chi connectivity index (χ0v) is 13.4. The van der Waals surface area contributed by atoms with Gasteiger partial charge in [0.15, 0.2) is 11.1 Å². The molecule has 19 heavy (non-hydrogen) atoms. The third-order valence-electron chi connectivity index (χ3n) is 2.77. The molecule has 1 heterocycles. The summed E-state index contributed by atoms with van der Waals surface area (Å²) in [6, 6.07) is 0. The number of anilines is 1. The molecule has 0 saturated heterocycles. The zero-order chi connectivity index (χ0) is 14.3. The van der Waals surface area contributed by atoms with Crippen LogP contribution in [0.2, 0.25) is 0 Å². The molecule has 0 aromatic carbocycles. The minimum atomic E-state index is 0.716. The second-order valence-electron chi connectivity index (χ2n) is 4.69. The number of hydrogen-bond acceptors (Lipinski definition) is 4. The highest BCUT2D eigenvalue weighted by Gasteiger charge is 2.07. The summed E-state index contributed by atoms with van der Waals surface area (Å²) < 4.78 is 0. The van der Waals surface area contributed by atoms with E-state index in [-0.39, 0.29) is 0 Å². The van der Waals surface area contributed by atoms with Gasteiger partial charge in [-0.1, -0.05) is 13.3 Å². The molecule has 0 aliphatic carbocycles. The zero-order valence-electron chi connectivity index (χ0n) is 12.6. The molecule has 5 nitrogen and oxygen atoms in total. The van der Waals surface area contributed by atoms with Crippen LogP contribution in [0.15, 0.2) is 10.4 Å². The lowest BCUT2D eigenvalue weighted by molar-refractivity contribution is 0.464. The Hall–Kier alpha value is -1.30. The number of thiazole rings is 1. The normalized spacial score (nSPS) is 11.5. The fraction of sp³-hybridized carbons (Fsp3) is 0.692. The molecule has 0 fully saturated rings. The second kappa shape index (κ2) is 7.99. The maximum atomic E-state index is 4.55. The van der Waals surface area contributed by atoms with Crippen molar-refractivity contribution in [3.63, 3.8) is 0 Å². The number of hydrogen-bond donors (Lipinski definition) is 1. The van der Waals surface area contributed by atoms with E-state index in [0.717, 1.165) is 23.3 Å². The van der Waals surface area contributed by atoms with Gasteiger partial charge in [0, 0.05) is 40.1 Å². The van der Waals surface area contributed by atoms with Crippen LogP contribution < -0.4 is 10.2 Å². The van der Waals surface area contributed by atoms with Crippen LogP contribution >= 0.6 is 11.3 Å². The summed E-state index contributed by atoms with van der Waals surface area (Å²) in [5.41, 5.74) is 1.05. The molecular formula is C13H25N5S. The van der Waals surface area contributed by atoms with Gasteiger partial charge in [0.05, 0.1) is 12.2 Å². The van der Waals surface area contributed by atoms with Crippen LogP contribution in [0.3, 0.4) is 0 Å². The van der Waals surface area contributed by atoms with Crippen molar-refractivity contribution in [3.8, 4) is 0 Å². The number of aromatic nitrogens is 1. The van der Waals surface area contributed by atoms with E-state index in [0.29, 0.717) is 6.54 Å². The maximum Gasteiger partial charge on any atom is 0.193 e. The van der Waals surface area contributed by atoms with Gasteiger partial charge >= 0.3 is 0 Å². The van der Waals surface area contributed by atoms with Crippen molar-refractivity contribution < 1.29 is 0 Å². The molecule has 0 aliphatic rings. The molecule has 1 aromatic rings. The molecule has 0 saturated carbocycles. The van der Waals surface area contributed by atoms with E-state index >= 15 is 0 Å². The van der Waals surface area contributed by atoms with Crippen LogP contribution in [0.1, 0.15) is 25.5 Å². The highest BCUT2D eigenvalue weighted by molar-refractivity contribution is 7.13. The van der Waals surface area contributed by atoms with Gasteiger partial charge in [-0.2, -0.15) is 0 Å². The van der Waals surface area contributed by atoms with Gasteiger partial charge in [0.1, 0.15) is 0 Å². The van der Waals surface area contributed by atoms with Crippen molar-refractivity contribution >= 4 is 22.4 Å². The van der Waals surface area contributed by atoms with Gasteiger partial charge in [-0.25, -0.2) is 4.98 Å². The molecule has 0 aliphatic heterocycles. The van der Waals surface area contributed by atoms with Gasteiger partial charge < -0.3 is 15.1 Å². The Morgan fingerprint density at radius 1 is 1.42 bits per heavy atom. The van der Waals surface area contributed by atoms with Crippen LogP contribution in [0, 0.1) is 0 Å². The molecule has 1 N–H and O–H groups in total. The highest BCUT2D eigenvalue weighted by Crippen LogP contribution is 2.17. The highest BCUT2D eigenvalue weighted by atomic mass is 32.1. The molecule has 0 unspecified atom stereocenters. The van der Waals surface area contributed by atoms with Gasteiger partial charge in [0.2, 0.25) is 0 Å². The fourth-order valence-corrected chi connectivity index (χ4v) is 2.40. The Morgan fingerprint density at radius 2 is 2.16 bits per heavy atom. The third kappa shape index (κ3) is 5.06. The summed E-state index contributed by atoms with van der Waals surface area (Å²) in [5.74, 6) is 0.924. The van der Waals surface area contributed by atoms with Crippen LogP contribution in [-0.4, -0.2) is 50.6 Å². The predicted molar refractivity (Wildman–Crippen MR) is 84.2 cm³/mol. The van der Waals surface area contributed by atoms with Crippen molar-refractivity contribution in [3.05, 3.63) is 11.1 Å². The number of aliphatic imine (C=N–C) groups is 1. The lowest BCUT2D eigenvalue weighted by atomic mass is 10.3. The SMILES string of the molecule is CCCCN(C)C(=NC)NCc1csc(N(C)C)n1. The van der Waals surface area contributed by atoms with Gasteiger partial charge in [-0.3, -0.25) is 4.99 Å². The lowest BCUT2D eigenvalue weighted by Gasteiger charge is -2.21. The van der Waals surface area contributed by atoms with Crippen LogP contribution in [-0.2, 0) is 6.54 Å². The van der Waals surface area contributed by atoms with Crippen molar-refractivity contribution in [2.24, 2.45) is 4.99 Å². The van der Waals surface area contributed by atoms with E-state index in [2.05, 4.69) is 39.5 Å². The van der Waals surface area contributed by atoms with E-state index in [1.54, 1.807) is 11.3 Å². The first-order valence-corrected chi connectivity index (χ1v) is 7.50. The van der Waals surface area contributed by atoms with Gasteiger partial charge in [-0.15, -0.1) is 11.3 Å². The Morgan fingerprint density at radius 3 is 2.68 bits per heavy atom. The van der Waals surface area contributed by atoms with Crippen LogP contribution in [0.5, 0.6) is 0 Å². The second-order valence-corrected chi connectivity index (χ2v) is 5.53. The van der Waals surface area contributed by atoms with E-state index in [1.165, 1.54) is 12.8 Å². The number of guanidine groups is 1. The first kappa shape index (κ1) is 15.8. The summed E-state index contributed by atoms with van der Waals surface area (Å²) in [4.78, 5) is 13.0. The Bertz CT molecular complexity index is 399. The largest absolute Gasteiger partial charge is 0.354 e. The van der Waals surface area contributed by atoms with Gasteiger partial charge in [0.25, 0.3) is 0 Å². The first-order chi connectivity index (χ1) is 9.08. The van der Waals surface area contributed by atoms with Crippen molar-refractivity contribution in [2.45, 2.75) is 26.3 Å². The van der Waals surface area contributed by atoms with E-state index in [9.17, 15) is 0 Å². The molecule has 0 atom stereocenters. The van der Waals surface area contributed by atoms with Crippen molar-refractivity contribution in [1.29, 1.82) is 0 Å². The van der Waals surface area contributed by atoms with E-state index < -0.39 is 0 Å². The molecule has 1 rings (SSSR count). The van der Waals surface area contributed by atoms with Crippen LogP contribution in [0.25, 0.3) is 0 Å². The molecule has 6 heteroatoms. The van der Waals surface area contributed by atoms with E-state index in [4.69, 9.17) is 0 Å². The molecule has 1 aromatic heterocycles. The lowest BCUT2D eigenvalue weighted by Crippen LogP contribution is -2.39. The Kier molecular flexibility index (Phi) is 6.62. The maximum absolute atomic E-state index is 4.55. The quantitative estimate of drug-likeness (QED) is 0.641. The first-order valence-electron chi connectivity index (χ1n) is 6.62. The van der Waals surface area contributed by atoms with Crippen molar-refractivity contribution in [1.82, 2.24) is 15.2 Å². The molecular weight excluding hydrogens is 258 g/mol. The minimum Gasteiger partial charge on any atom is -0.354 e. The monoisotopic (exact) mass is 283 g/mol. The Labute approximate surface area is 120 Å². The summed E-state index contributed by atoms with van der Waals surface area (Å²) in [6.07, 6.45) is 2.37. The fourth-order valence-electron chi connectivity index (χ4n) is 1.64. The summed E-state index contributed by atoms with van der Waals surface area (Å²) in [7, 11) is 7.90.